The summed E-state index contributed by atoms with van der Waals surface area (Å²) in [5.41, 5.74) is 0.200. The number of hydrogen-bond donors (Lipinski definition) is 2. The highest BCUT2D eigenvalue weighted by Crippen LogP contribution is 2.23. The molecule has 0 aliphatic carbocycles. The molecule has 1 fully saturated rings. The second kappa shape index (κ2) is 5.50. The molecule has 0 amide bonds. The lowest BCUT2D eigenvalue weighted by Crippen LogP contribution is -2.32. The van der Waals surface area contributed by atoms with Crippen molar-refractivity contribution < 1.29 is 14.6 Å². The molecule has 1 saturated heterocycles. The van der Waals surface area contributed by atoms with Crippen molar-refractivity contribution in [3.05, 3.63) is 35.9 Å². The van der Waals surface area contributed by atoms with Gasteiger partial charge < -0.3 is 15.2 Å². The minimum absolute atomic E-state index is 0.280. The molecule has 0 bridgehead atoms. The van der Waals surface area contributed by atoms with Crippen molar-refractivity contribution in [2.75, 3.05) is 6.54 Å². The Morgan fingerprint density at radius 1 is 1.50 bits per heavy atom. The number of hydrogen-bond acceptors (Lipinski definition) is 4. The van der Waals surface area contributed by atoms with Gasteiger partial charge in [-0.2, -0.15) is 0 Å². The molecule has 0 aromatic heterocycles. The van der Waals surface area contributed by atoms with Gasteiger partial charge in [0.1, 0.15) is 12.6 Å². The predicted octanol–water partition coefficient (Wildman–Crippen LogP) is 1.23. The highest BCUT2D eigenvalue weighted by Gasteiger charge is 2.39. The van der Waals surface area contributed by atoms with Crippen molar-refractivity contribution in [3.8, 4) is 0 Å². The minimum atomic E-state index is -0.767. The molecule has 4 heteroatoms. The Morgan fingerprint density at radius 2 is 2.22 bits per heavy atom. The molecular formula is C14H19NO3. The van der Waals surface area contributed by atoms with Gasteiger partial charge in [-0.3, -0.25) is 4.79 Å². The first-order chi connectivity index (χ1) is 8.63. The molecule has 2 rings (SSSR count). The summed E-state index contributed by atoms with van der Waals surface area (Å²) >= 11 is 0. The van der Waals surface area contributed by atoms with Gasteiger partial charge in [0.15, 0.2) is 0 Å². The van der Waals surface area contributed by atoms with Gasteiger partial charge in [-0.1, -0.05) is 37.3 Å². The van der Waals surface area contributed by atoms with Crippen LogP contribution < -0.4 is 5.32 Å². The number of β-amino-alcohol motifs (C(OH)–C–C–N with tert-alkyl or cyclic N) is 1. The summed E-state index contributed by atoms with van der Waals surface area (Å²) < 4.78 is 5.24. The second-order valence-electron chi connectivity index (χ2n) is 4.81. The van der Waals surface area contributed by atoms with Crippen LogP contribution in [0.1, 0.15) is 25.3 Å². The molecule has 2 N–H and O–H groups in total. The van der Waals surface area contributed by atoms with E-state index in [0.29, 0.717) is 19.4 Å². The molecule has 1 aromatic rings. The van der Waals surface area contributed by atoms with Gasteiger partial charge in [-0.15, -0.1) is 0 Å². The fourth-order valence-electron chi connectivity index (χ4n) is 2.10. The van der Waals surface area contributed by atoms with Gasteiger partial charge >= 0.3 is 5.97 Å². The SMILES string of the molecule is CCC1(O)CNC(C(=O)OCc2ccccc2)C1. The number of ether oxygens (including phenoxy) is 1. The van der Waals surface area contributed by atoms with Crippen molar-refractivity contribution in [1.82, 2.24) is 5.32 Å². The van der Waals surface area contributed by atoms with E-state index in [-0.39, 0.29) is 12.6 Å². The zero-order chi connectivity index (χ0) is 13.0. The van der Waals surface area contributed by atoms with Gasteiger partial charge in [-0.25, -0.2) is 0 Å². The van der Waals surface area contributed by atoms with Crippen molar-refractivity contribution >= 4 is 5.97 Å². The summed E-state index contributed by atoms with van der Waals surface area (Å²) in [6, 6.07) is 9.18. The monoisotopic (exact) mass is 249 g/mol. The second-order valence-corrected chi connectivity index (χ2v) is 4.81. The van der Waals surface area contributed by atoms with Crippen LogP contribution in [0.3, 0.4) is 0 Å². The number of benzene rings is 1. The fraction of sp³-hybridized carbons (Fsp3) is 0.500. The van der Waals surface area contributed by atoms with E-state index in [2.05, 4.69) is 5.32 Å². The highest BCUT2D eigenvalue weighted by molar-refractivity contribution is 5.76. The summed E-state index contributed by atoms with van der Waals surface area (Å²) in [5.74, 6) is -0.289. The van der Waals surface area contributed by atoms with Crippen LogP contribution in [-0.4, -0.2) is 29.3 Å². The summed E-state index contributed by atoms with van der Waals surface area (Å²) in [6.45, 7) is 2.65. The maximum Gasteiger partial charge on any atom is 0.323 e. The van der Waals surface area contributed by atoms with Gasteiger partial charge in [0, 0.05) is 13.0 Å². The Bertz CT molecular complexity index is 407. The Kier molecular flexibility index (Phi) is 3.99. The van der Waals surface area contributed by atoms with Crippen LogP contribution in [0.5, 0.6) is 0 Å². The number of aliphatic hydroxyl groups is 1. The molecule has 1 aliphatic heterocycles. The molecule has 1 aromatic carbocycles. The number of rotatable bonds is 4. The Hall–Kier alpha value is -1.39. The Morgan fingerprint density at radius 3 is 2.83 bits per heavy atom. The van der Waals surface area contributed by atoms with E-state index < -0.39 is 11.6 Å². The fourth-order valence-corrected chi connectivity index (χ4v) is 2.10. The van der Waals surface area contributed by atoms with Gasteiger partial charge in [0.2, 0.25) is 0 Å². The zero-order valence-corrected chi connectivity index (χ0v) is 10.6. The topological polar surface area (TPSA) is 58.6 Å². The number of esters is 1. The normalized spacial score (nSPS) is 27.1. The Balaban J connectivity index is 1.83. The maximum atomic E-state index is 11.8. The van der Waals surface area contributed by atoms with Crippen LogP contribution in [0.25, 0.3) is 0 Å². The van der Waals surface area contributed by atoms with Gasteiger partial charge in [-0.05, 0) is 12.0 Å². The van der Waals surface area contributed by atoms with E-state index in [1.807, 2.05) is 37.3 Å². The van der Waals surface area contributed by atoms with Crippen LogP contribution >= 0.6 is 0 Å². The smallest absolute Gasteiger partial charge is 0.323 e. The molecular weight excluding hydrogens is 230 g/mol. The van der Waals surface area contributed by atoms with E-state index in [4.69, 9.17) is 4.74 Å². The maximum absolute atomic E-state index is 11.8. The minimum Gasteiger partial charge on any atom is -0.460 e. The summed E-state index contributed by atoms with van der Waals surface area (Å²) in [4.78, 5) is 11.8. The molecule has 18 heavy (non-hydrogen) atoms. The number of carbonyl (C=O) groups excluding carboxylic acids is 1. The average Bonchev–Trinajstić information content (AvgIpc) is 2.81. The van der Waals surface area contributed by atoms with E-state index in [1.54, 1.807) is 0 Å². The van der Waals surface area contributed by atoms with Crippen LogP contribution in [-0.2, 0) is 16.1 Å². The first-order valence-corrected chi connectivity index (χ1v) is 6.29. The van der Waals surface area contributed by atoms with Crippen molar-refractivity contribution in [2.45, 2.75) is 38.0 Å². The van der Waals surface area contributed by atoms with E-state index in [9.17, 15) is 9.90 Å². The van der Waals surface area contributed by atoms with E-state index in [0.717, 1.165) is 5.56 Å². The lowest BCUT2D eigenvalue weighted by Gasteiger charge is -2.18. The molecule has 1 heterocycles. The molecule has 98 valence electrons. The third kappa shape index (κ3) is 3.09. The predicted molar refractivity (Wildman–Crippen MR) is 67.9 cm³/mol. The summed E-state index contributed by atoms with van der Waals surface area (Å²) in [5, 5.41) is 13.0. The lowest BCUT2D eigenvalue weighted by molar-refractivity contribution is -0.147. The molecule has 0 saturated carbocycles. The van der Waals surface area contributed by atoms with Crippen molar-refractivity contribution in [1.29, 1.82) is 0 Å². The standard InChI is InChI=1S/C14H19NO3/c1-2-14(17)8-12(15-10-14)13(16)18-9-11-6-4-3-5-7-11/h3-7,12,15,17H,2,8-10H2,1H3. The summed E-state index contributed by atoms with van der Waals surface area (Å²) in [6.07, 6.45) is 1.07. The van der Waals surface area contributed by atoms with Crippen molar-refractivity contribution in [2.24, 2.45) is 0 Å². The van der Waals surface area contributed by atoms with Crippen LogP contribution in [0.15, 0.2) is 30.3 Å². The van der Waals surface area contributed by atoms with Crippen LogP contribution in [0.2, 0.25) is 0 Å². The molecule has 2 unspecified atom stereocenters. The lowest BCUT2D eigenvalue weighted by atomic mass is 9.97. The Labute approximate surface area is 107 Å². The number of nitrogens with one attached hydrogen (secondary N) is 1. The molecule has 1 aliphatic rings. The van der Waals surface area contributed by atoms with Crippen LogP contribution in [0.4, 0.5) is 0 Å². The molecule has 0 radical (unpaired) electrons. The largest absolute Gasteiger partial charge is 0.460 e. The van der Waals surface area contributed by atoms with Crippen LogP contribution in [0, 0.1) is 0 Å². The zero-order valence-electron chi connectivity index (χ0n) is 10.6. The van der Waals surface area contributed by atoms with E-state index in [1.165, 1.54) is 0 Å². The quantitative estimate of drug-likeness (QED) is 0.788. The first-order valence-electron chi connectivity index (χ1n) is 6.29. The van der Waals surface area contributed by atoms with E-state index >= 15 is 0 Å². The number of carbonyl (C=O) groups is 1. The average molecular weight is 249 g/mol. The third-order valence-electron chi connectivity index (χ3n) is 3.43. The summed E-state index contributed by atoms with van der Waals surface area (Å²) in [7, 11) is 0. The van der Waals surface area contributed by atoms with Gasteiger partial charge in [0.05, 0.1) is 5.60 Å². The first kappa shape index (κ1) is 13.1. The van der Waals surface area contributed by atoms with Gasteiger partial charge in [0.25, 0.3) is 0 Å². The molecule has 2 atom stereocenters. The third-order valence-corrected chi connectivity index (χ3v) is 3.43. The molecule has 4 nitrogen and oxygen atoms in total. The van der Waals surface area contributed by atoms with Crippen molar-refractivity contribution in [3.63, 3.8) is 0 Å². The highest BCUT2D eigenvalue weighted by atomic mass is 16.5. The molecule has 0 spiro atoms.